The van der Waals surface area contributed by atoms with E-state index in [1.165, 1.54) is 12.2 Å². The summed E-state index contributed by atoms with van der Waals surface area (Å²) in [6, 6.07) is 5.45. The van der Waals surface area contributed by atoms with E-state index in [4.69, 9.17) is 0 Å². The minimum absolute atomic E-state index is 0.0325. The Morgan fingerprint density at radius 1 is 1.25 bits per heavy atom. The van der Waals surface area contributed by atoms with Crippen LogP contribution in [0.4, 0.5) is 13.2 Å². The summed E-state index contributed by atoms with van der Waals surface area (Å²) in [6.07, 6.45) is -0.148. The van der Waals surface area contributed by atoms with Gasteiger partial charge in [-0.25, -0.2) is 0 Å². The average Bonchev–Trinajstić information content (AvgIpc) is 2.64. The highest BCUT2D eigenvalue weighted by molar-refractivity contribution is 5.89. The number of hydrogen-bond acceptors (Lipinski definition) is 3. The van der Waals surface area contributed by atoms with Crippen molar-refractivity contribution >= 4 is 17.3 Å². The Morgan fingerprint density at radius 2 is 1.89 bits per heavy atom. The molecule has 0 radical (unpaired) electrons. The van der Waals surface area contributed by atoms with Gasteiger partial charge in [-0.2, -0.15) is 13.2 Å². The number of rotatable bonds is 8. The highest BCUT2D eigenvalue weighted by atomic mass is 19.4. The molecule has 2 N–H and O–H groups in total. The molecule has 0 saturated carbocycles. The average molecular weight is 395 g/mol. The molecule has 7 heteroatoms. The summed E-state index contributed by atoms with van der Waals surface area (Å²) in [5, 5.41) is 11.5. The van der Waals surface area contributed by atoms with Crippen molar-refractivity contribution < 1.29 is 27.9 Å². The molecule has 4 nitrogen and oxygen atoms in total. The summed E-state index contributed by atoms with van der Waals surface area (Å²) in [7, 11) is 0. The van der Waals surface area contributed by atoms with Gasteiger partial charge in [0, 0.05) is 0 Å². The lowest BCUT2D eigenvalue weighted by Gasteiger charge is -2.40. The van der Waals surface area contributed by atoms with Crippen LogP contribution in [0.1, 0.15) is 38.7 Å². The minimum atomic E-state index is -4.80. The zero-order valence-corrected chi connectivity index (χ0v) is 15.8. The molecular formula is C21H24F3NO3. The highest BCUT2D eigenvalue weighted by Gasteiger charge is 2.56. The fourth-order valence-corrected chi connectivity index (χ4v) is 3.48. The highest BCUT2D eigenvalue weighted by Crippen LogP contribution is 2.43. The molecule has 1 aromatic rings. The number of nitrogens with one attached hydrogen (secondary N) is 1. The number of ketones is 1. The van der Waals surface area contributed by atoms with Gasteiger partial charge in [-0.05, 0) is 30.9 Å². The Balaban J connectivity index is 2.41. The van der Waals surface area contributed by atoms with Crippen LogP contribution < -0.4 is 5.32 Å². The van der Waals surface area contributed by atoms with Crippen molar-refractivity contribution in [1.29, 1.82) is 0 Å². The first-order chi connectivity index (χ1) is 13.1. The molecule has 0 amide bonds. The minimum Gasteiger partial charge on any atom is -0.480 e. The van der Waals surface area contributed by atoms with Crippen molar-refractivity contribution in [3.8, 4) is 0 Å². The van der Waals surface area contributed by atoms with Crippen molar-refractivity contribution in [2.24, 2.45) is 5.41 Å². The van der Waals surface area contributed by atoms with Crippen LogP contribution in [0.2, 0.25) is 0 Å². The number of hydrogen-bond donors (Lipinski definition) is 2. The fourth-order valence-electron chi connectivity index (χ4n) is 3.48. The van der Waals surface area contributed by atoms with Crippen molar-refractivity contribution in [3.05, 3.63) is 54.1 Å². The molecule has 152 valence electrons. The summed E-state index contributed by atoms with van der Waals surface area (Å²) < 4.78 is 41.8. The van der Waals surface area contributed by atoms with Gasteiger partial charge in [0.1, 0.15) is 17.9 Å². The van der Waals surface area contributed by atoms with E-state index >= 15 is 0 Å². The Morgan fingerprint density at radius 3 is 2.32 bits per heavy atom. The van der Waals surface area contributed by atoms with E-state index in [-0.39, 0.29) is 12.8 Å². The lowest BCUT2D eigenvalue weighted by atomic mass is 9.70. The molecule has 0 bridgehead atoms. The summed E-state index contributed by atoms with van der Waals surface area (Å²) in [5.41, 5.74) is -0.332. The normalized spacial score (nSPS) is 21.7. The van der Waals surface area contributed by atoms with Crippen LogP contribution >= 0.6 is 0 Å². The third-order valence-corrected chi connectivity index (χ3v) is 5.07. The molecule has 2 rings (SSSR count). The lowest BCUT2D eigenvalue weighted by molar-refractivity contribution is -0.184. The fraction of sp³-hybridized carbons (Fsp3) is 0.429. The second kappa shape index (κ2) is 8.73. The number of carboxylic acid groups (broad SMARTS) is 1. The lowest BCUT2D eigenvalue weighted by Crippen LogP contribution is -2.60. The molecule has 0 spiro atoms. The number of alkyl halides is 3. The molecule has 3 unspecified atom stereocenters. The van der Waals surface area contributed by atoms with E-state index in [2.05, 4.69) is 5.32 Å². The number of carboxylic acids is 1. The Hall–Kier alpha value is -2.41. The Kier molecular flexibility index (Phi) is 6.82. The molecule has 1 aliphatic carbocycles. The summed E-state index contributed by atoms with van der Waals surface area (Å²) in [4.78, 5) is 23.8. The quantitative estimate of drug-likeness (QED) is 0.686. The van der Waals surface area contributed by atoms with E-state index < -0.39 is 35.4 Å². The zero-order valence-electron chi connectivity index (χ0n) is 15.8. The molecule has 0 fully saturated rings. The first kappa shape index (κ1) is 21.9. The van der Waals surface area contributed by atoms with Crippen LogP contribution in [0.5, 0.6) is 0 Å². The summed E-state index contributed by atoms with van der Waals surface area (Å²) >= 11 is 0. The SMILES string of the molecule is CCCC(NC(C(F)(F)F)C1(C(C)=O)C=CC(c2ccccc2)=CC1)C(=O)O. The number of carbonyl (C=O) groups excluding carboxylic acids is 1. The molecule has 0 heterocycles. The van der Waals surface area contributed by atoms with E-state index in [1.54, 1.807) is 13.0 Å². The third kappa shape index (κ3) is 4.70. The van der Waals surface area contributed by atoms with Gasteiger partial charge in [0.15, 0.2) is 0 Å². The predicted molar refractivity (Wildman–Crippen MR) is 101 cm³/mol. The molecule has 0 aromatic heterocycles. The van der Waals surface area contributed by atoms with Crippen LogP contribution in [-0.4, -0.2) is 35.1 Å². The molecular weight excluding hydrogens is 371 g/mol. The van der Waals surface area contributed by atoms with Crippen molar-refractivity contribution in [2.45, 2.75) is 51.4 Å². The van der Waals surface area contributed by atoms with Gasteiger partial charge in [-0.15, -0.1) is 0 Å². The molecule has 3 atom stereocenters. The van der Waals surface area contributed by atoms with Crippen LogP contribution in [0.15, 0.2) is 48.6 Å². The van der Waals surface area contributed by atoms with E-state index in [9.17, 15) is 27.9 Å². The maximum atomic E-state index is 13.9. The van der Waals surface area contributed by atoms with Crippen LogP contribution in [0.25, 0.3) is 5.57 Å². The van der Waals surface area contributed by atoms with Gasteiger partial charge in [-0.3, -0.25) is 14.9 Å². The van der Waals surface area contributed by atoms with Crippen LogP contribution in [-0.2, 0) is 9.59 Å². The van der Waals surface area contributed by atoms with E-state index in [0.29, 0.717) is 6.42 Å². The maximum absolute atomic E-state index is 13.9. The van der Waals surface area contributed by atoms with Crippen molar-refractivity contribution in [2.75, 3.05) is 0 Å². The first-order valence-electron chi connectivity index (χ1n) is 9.13. The predicted octanol–water partition coefficient (Wildman–Crippen LogP) is 4.38. The summed E-state index contributed by atoms with van der Waals surface area (Å²) in [5.74, 6) is -2.03. The first-order valence-corrected chi connectivity index (χ1v) is 9.13. The molecule has 0 aliphatic heterocycles. The zero-order chi connectivity index (χ0) is 20.9. The van der Waals surface area contributed by atoms with Gasteiger partial charge in [0.05, 0.1) is 5.41 Å². The van der Waals surface area contributed by atoms with Gasteiger partial charge in [-0.1, -0.05) is 61.9 Å². The second-order valence-electron chi connectivity index (χ2n) is 6.98. The number of halogens is 3. The third-order valence-electron chi connectivity index (χ3n) is 5.07. The second-order valence-corrected chi connectivity index (χ2v) is 6.98. The maximum Gasteiger partial charge on any atom is 0.405 e. The van der Waals surface area contributed by atoms with Gasteiger partial charge in [0.2, 0.25) is 0 Å². The number of aliphatic carboxylic acids is 1. The topological polar surface area (TPSA) is 66.4 Å². The number of benzene rings is 1. The summed E-state index contributed by atoms with van der Waals surface area (Å²) in [6.45, 7) is 2.80. The van der Waals surface area contributed by atoms with Crippen molar-refractivity contribution in [3.63, 3.8) is 0 Å². The monoisotopic (exact) mass is 395 g/mol. The molecule has 28 heavy (non-hydrogen) atoms. The molecule has 1 aromatic carbocycles. The smallest absolute Gasteiger partial charge is 0.405 e. The number of carbonyl (C=O) groups is 2. The van der Waals surface area contributed by atoms with Crippen LogP contribution in [0, 0.1) is 5.41 Å². The molecule has 0 saturated heterocycles. The number of Topliss-reactive ketones (excluding diaryl/α,β-unsaturated/α-hetero) is 1. The van der Waals surface area contributed by atoms with Crippen molar-refractivity contribution in [1.82, 2.24) is 5.32 Å². The Labute approximate surface area is 162 Å². The molecule has 1 aliphatic rings. The van der Waals surface area contributed by atoms with E-state index in [0.717, 1.165) is 18.1 Å². The number of allylic oxidation sites excluding steroid dienone is 3. The van der Waals surface area contributed by atoms with Crippen LogP contribution in [0.3, 0.4) is 0 Å². The van der Waals surface area contributed by atoms with Gasteiger partial charge in [0.25, 0.3) is 0 Å². The Bertz CT molecular complexity index is 771. The van der Waals surface area contributed by atoms with Gasteiger partial charge >= 0.3 is 12.1 Å². The standard InChI is InChI=1S/C21H24F3NO3/c1-3-7-17(18(27)28)25-19(21(22,23)24)20(14(2)26)12-10-16(11-13-20)15-8-5-4-6-9-15/h4-6,8-12,17,19,25H,3,7,13H2,1-2H3,(H,27,28). The van der Waals surface area contributed by atoms with Gasteiger partial charge < -0.3 is 5.11 Å². The van der Waals surface area contributed by atoms with E-state index in [1.807, 2.05) is 30.3 Å². The largest absolute Gasteiger partial charge is 0.480 e.